The number of alkyl halides is 3. The summed E-state index contributed by atoms with van der Waals surface area (Å²) in [5, 5.41) is 13.4. The van der Waals surface area contributed by atoms with Crippen molar-refractivity contribution in [2.75, 3.05) is 12.3 Å². The van der Waals surface area contributed by atoms with E-state index in [1.807, 2.05) is 0 Å². The first kappa shape index (κ1) is 15.9. The van der Waals surface area contributed by atoms with Crippen LogP contribution in [-0.4, -0.2) is 41.0 Å². The fourth-order valence-electron chi connectivity index (χ4n) is 1.57. The van der Waals surface area contributed by atoms with E-state index in [2.05, 4.69) is 10.6 Å². The molecule has 0 aromatic heterocycles. The average Bonchev–Trinajstić information content (AvgIpc) is 3.05. The normalized spacial score (nSPS) is 16.8. The molecule has 1 aliphatic carbocycles. The molecule has 0 aromatic rings. The monoisotopic (exact) mass is 300 g/mol. The van der Waals surface area contributed by atoms with Crippen LogP contribution >= 0.6 is 11.8 Å². The molecule has 0 aliphatic heterocycles. The Morgan fingerprint density at radius 3 is 2.47 bits per heavy atom. The van der Waals surface area contributed by atoms with Gasteiger partial charge in [0.1, 0.15) is 0 Å². The molecule has 1 rings (SSSR count). The smallest absolute Gasteiger partial charge is 0.441 e. The van der Waals surface area contributed by atoms with Crippen molar-refractivity contribution in [3.63, 3.8) is 0 Å². The van der Waals surface area contributed by atoms with Crippen molar-refractivity contribution in [1.29, 1.82) is 0 Å². The van der Waals surface area contributed by atoms with Crippen LogP contribution in [-0.2, 0) is 4.79 Å². The molecule has 1 fully saturated rings. The van der Waals surface area contributed by atoms with Crippen molar-refractivity contribution in [2.24, 2.45) is 5.92 Å². The Morgan fingerprint density at radius 2 is 2.00 bits per heavy atom. The van der Waals surface area contributed by atoms with Crippen LogP contribution in [0.3, 0.4) is 0 Å². The first-order valence-electron chi connectivity index (χ1n) is 5.75. The second-order valence-corrected chi connectivity index (χ2v) is 5.40. The van der Waals surface area contributed by atoms with E-state index in [0.717, 1.165) is 12.8 Å². The number of carbonyl (C=O) groups is 2. The molecule has 0 spiro atoms. The number of carboxylic acids is 1. The zero-order valence-electron chi connectivity index (χ0n) is 10.00. The molecule has 19 heavy (non-hydrogen) atoms. The number of nitrogens with one attached hydrogen (secondary N) is 2. The first-order valence-corrected chi connectivity index (χ1v) is 6.73. The van der Waals surface area contributed by atoms with Crippen LogP contribution in [0.15, 0.2) is 0 Å². The number of hydrogen-bond donors (Lipinski definition) is 3. The number of hydrogen-bond acceptors (Lipinski definition) is 3. The van der Waals surface area contributed by atoms with Gasteiger partial charge in [-0.3, -0.25) is 4.79 Å². The number of amides is 2. The molecule has 0 radical (unpaired) electrons. The summed E-state index contributed by atoms with van der Waals surface area (Å²) in [5.41, 5.74) is -4.31. The van der Waals surface area contributed by atoms with Crippen LogP contribution in [0.4, 0.5) is 18.0 Å². The van der Waals surface area contributed by atoms with E-state index in [1.54, 1.807) is 0 Å². The Labute approximate surface area is 112 Å². The van der Waals surface area contributed by atoms with Gasteiger partial charge in [0.15, 0.2) is 0 Å². The number of rotatable bonds is 7. The summed E-state index contributed by atoms with van der Waals surface area (Å²) in [7, 11) is 0. The predicted octanol–water partition coefficient (Wildman–Crippen LogP) is 1.79. The van der Waals surface area contributed by atoms with Gasteiger partial charge in [-0.25, -0.2) is 4.79 Å². The highest BCUT2D eigenvalue weighted by molar-refractivity contribution is 8.00. The van der Waals surface area contributed by atoms with E-state index in [-0.39, 0.29) is 36.4 Å². The highest BCUT2D eigenvalue weighted by Crippen LogP contribution is 2.34. The second-order valence-electron chi connectivity index (χ2n) is 4.24. The number of halogens is 3. The van der Waals surface area contributed by atoms with E-state index >= 15 is 0 Å². The Kier molecular flexibility index (Phi) is 5.77. The fourth-order valence-corrected chi connectivity index (χ4v) is 2.01. The van der Waals surface area contributed by atoms with Gasteiger partial charge in [-0.2, -0.15) is 13.2 Å². The maximum atomic E-state index is 11.8. The number of carbonyl (C=O) groups excluding carboxylic acids is 1. The van der Waals surface area contributed by atoms with Crippen LogP contribution in [0.2, 0.25) is 0 Å². The molecule has 110 valence electrons. The van der Waals surface area contributed by atoms with Gasteiger partial charge in [-0.05, 0) is 30.5 Å². The number of carboxylic acid groups (broad SMARTS) is 1. The van der Waals surface area contributed by atoms with E-state index in [4.69, 9.17) is 5.11 Å². The Balaban J connectivity index is 2.19. The summed E-state index contributed by atoms with van der Waals surface area (Å²) in [6.07, 6.45) is 1.56. The van der Waals surface area contributed by atoms with Gasteiger partial charge >= 0.3 is 17.5 Å². The third-order valence-electron chi connectivity index (χ3n) is 2.56. The summed E-state index contributed by atoms with van der Waals surface area (Å²) in [5.74, 6) is -1.12. The zero-order valence-corrected chi connectivity index (χ0v) is 10.8. The molecule has 0 bridgehead atoms. The molecule has 9 heteroatoms. The van der Waals surface area contributed by atoms with Gasteiger partial charge < -0.3 is 15.7 Å². The van der Waals surface area contributed by atoms with Gasteiger partial charge in [-0.15, -0.1) is 0 Å². The quantitative estimate of drug-likeness (QED) is 0.626. The van der Waals surface area contributed by atoms with E-state index in [0.29, 0.717) is 0 Å². The van der Waals surface area contributed by atoms with Crippen molar-refractivity contribution in [2.45, 2.75) is 30.8 Å². The predicted molar refractivity (Wildman–Crippen MR) is 63.8 cm³/mol. The minimum Gasteiger partial charge on any atom is -0.481 e. The number of aliphatic carboxylic acids is 1. The van der Waals surface area contributed by atoms with Crippen molar-refractivity contribution in [3.05, 3.63) is 0 Å². The molecule has 3 N–H and O–H groups in total. The summed E-state index contributed by atoms with van der Waals surface area (Å²) >= 11 is -0.213. The van der Waals surface area contributed by atoms with Gasteiger partial charge in [0.2, 0.25) is 0 Å². The number of thioether (sulfide) groups is 1. The summed E-state index contributed by atoms with van der Waals surface area (Å²) in [6, 6.07) is -1.08. The number of urea groups is 1. The molecule has 1 unspecified atom stereocenters. The summed E-state index contributed by atoms with van der Waals surface area (Å²) < 4.78 is 35.5. The lowest BCUT2D eigenvalue weighted by Crippen LogP contribution is -2.44. The molecule has 0 aromatic carbocycles. The van der Waals surface area contributed by atoms with Crippen LogP contribution in [0, 0.1) is 5.92 Å². The summed E-state index contributed by atoms with van der Waals surface area (Å²) in [6.45, 7) is -0.125. The van der Waals surface area contributed by atoms with Gasteiger partial charge in [0.05, 0.1) is 6.42 Å². The molecule has 1 aliphatic rings. The standard InChI is InChI=1S/C10H15F3N2O3S/c11-10(12,13)19-4-3-14-9(18)15-7(5-8(16)17)6-1-2-6/h6-7H,1-5H2,(H,16,17)(H2,14,15,18). The minimum atomic E-state index is -4.31. The van der Waals surface area contributed by atoms with Crippen LogP contribution in [0.1, 0.15) is 19.3 Å². The second kappa shape index (κ2) is 6.88. The van der Waals surface area contributed by atoms with Crippen molar-refractivity contribution >= 4 is 23.8 Å². The highest BCUT2D eigenvalue weighted by Gasteiger charge is 2.33. The topological polar surface area (TPSA) is 78.4 Å². The van der Waals surface area contributed by atoms with Crippen molar-refractivity contribution in [1.82, 2.24) is 10.6 Å². The molecule has 2 amide bonds. The van der Waals surface area contributed by atoms with Gasteiger partial charge in [0, 0.05) is 18.3 Å². The maximum absolute atomic E-state index is 11.8. The third-order valence-corrected chi connectivity index (χ3v) is 3.29. The van der Waals surface area contributed by atoms with Crippen LogP contribution in [0.25, 0.3) is 0 Å². The minimum absolute atomic E-state index is 0.125. The van der Waals surface area contributed by atoms with Crippen molar-refractivity contribution in [3.8, 4) is 0 Å². The molecular formula is C10H15F3N2O3S. The molecule has 5 nitrogen and oxygen atoms in total. The molecule has 0 heterocycles. The lowest BCUT2D eigenvalue weighted by atomic mass is 10.1. The summed E-state index contributed by atoms with van der Waals surface area (Å²) in [4.78, 5) is 22.0. The van der Waals surface area contributed by atoms with Crippen LogP contribution in [0.5, 0.6) is 0 Å². The molecule has 0 saturated heterocycles. The largest absolute Gasteiger partial charge is 0.481 e. The van der Waals surface area contributed by atoms with E-state index in [1.165, 1.54) is 0 Å². The molecular weight excluding hydrogens is 285 g/mol. The Hall–Kier alpha value is -1.12. The van der Waals surface area contributed by atoms with Gasteiger partial charge in [0.25, 0.3) is 0 Å². The average molecular weight is 300 g/mol. The lowest BCUT2D eigenvalue weighted by molar-refractivity contribution is -0.137. The van der Waals surface area contributed by atoms with E-state index in [9.17, 15) is 22.8 Å². The first-order chi connectivity index (χ1) is 8.78. The fraction of sp³-hybridized carbons (Fsp3) is 0.800. The van der Waals surface area contributed by atoms with E-state index < -0.39 is 23.6 Å². The maximum Gasteiger partial charge on any atom is 0.441 e. The zero-order chi connectivity index (χ0) is 14.5. The highest BCUT2D eigenvalue weighted by atomic mass is 32.2. The SMILES string of the molecule is O=C(O)CC(NC(=O)NCCSC(F)(F)F)C1CC1. The lowest BCUT2D eigenvalue weighted by Gasteiger charge is -2.16. The Morgan fingerprint density at radius 1 is 1.37 bits per heavy atom. The van der Waals surface area contributed by atoms with Crippen molar-refractivity contribution < 1.29 is 27.9 Å². The van der Waals surface area contributed by atoms with Crippen LogP contribution < -0.4 is 10.6 Å². The molecule has 1 saturated carbocycles. The van der Waals surface area contributed by atoms with Gasteiger partial charge in [-0.1, -0.05) is 0 Å². The third kappa shape index (κ3) is 7.81. The molecule has 1 atom stereocenters. The Bertz CT molecular complexity index is 334.